The number of nitrogens with one attached hydrogen (secondary N) is 2. The Morgan fingerprint density at radius 3 is 2.80 bits per heavy atom. The Kier molecular flexibility index (Phi) is 2.40. The molecule has 3 heteroatoms. The molecule has 0 spiro atoms. The maximum atomic E-state index is 9.19. The highest BCUT2D eigenvalue weighted by atomic mass is 16.3. The van der Waals surface area contributed by atoms with Crippen LogP contribution < -0.4 is 5.32 Å². The second kappa shape index (κ2) is 3.59. The van der Waals surface area contributed by atoms with Gasteiger partial charge in [-0.3, -0.25) is 0 Å². The van der Waals surface area contributed by atoms with Crippen LogP contribution in [0.2, 0.25) is 0 Å². The minimum absolute atomic E-state index is 0.104. The number of aliphatic hydroxyl groups excluding tert-OH is 1. The second-order valence-electron chi connectivity index (χ2n) is 4.41. The Bertz CT molecular complexity index is 459. The summed E-state index contributed by atoms with van der Waals surface area (Å²) >= 11 is 0. The summed E-state index contributed by atoms with van der Waals surface area (Å²) in [5.74, 6) is 0. The summed E-state index contributed by atoms with van der Waals surface area (Å²) in [5, 5.41) is 13.7. The van der Waals surface area contributed by atoms with Gasteiger partial charge in [0, 0.05) is 17.1 Å². The molecular weight excluding hydrogens is 188 g/mol. The van der Waals surface area contributed by atoms with E-state index in [1.54, 1.807) is 0 Å². The molecule has 0 bridgehead atoms. The molecule has 0 amide bonds. The zero-order chi connectivity index (χ0) is 10.9. The smallest absolute Gasteiger partial charge is 0.0656 e. The molecule has 0 unspecified atom stereocenters. The average Bonchev–Trinajstić information content (AvgIpc) is 2.62. The van der Waals surface area contributed by atoms with Crippen LogP contribution in [0.5, 0.6) is 0 Å². The van der Waals surface area contributed by atoms with Crippen LogP contribution in [-0.4, -0.2) is 22.2 Å². The van der Waals surface area contributed by atoms with Crippen LogP contribution in [0.3, 0.4) is 0 Å². The molecule has 80 valence electrons. The van der Waals surface area contributed by atoms with E-state index in [2.05, 4.69) is 16.4 Å². The van der Waals surface area contributed by atoms with Crippen molar-refractivity contribution in [2.75, 3.05) is 11.9 Å². The Hall–Kier alpha value is -1.48. The van der Waals surface area contributed by atoms with Crippen LogP contribution in [0.25, 0.3) is 10.9 Å². The SMILES string of the molecule is CC(C)(CO)Nc1c[nH]c2ccccc12. The van der Waals surface area contributed by atoms with Crippen molar-refractivity contribution >= 4 is 16.6 Å². The molecule has 0 saturated carbocycles. The van der Waals surface area contributed by atoms with E-state index in [4.69, 9.17) is 0 Å². The topological polar surface area (TPSA) is 48.0 Å². The summed E-state index contributed by atoms with van der Waals surface area (Å²) in [6.45, 7) is 4.04. The van der Waals surface area contributed by atoms with E-state index in [0.717, 1.165) is 16.6 Å². The number of aromatic nitrogens is 1. The van der Waals surface area contributed by atoms with E-state index in [1.165, 1.54) is 0 Å². The van der Waals surface area contributed by atoms with Crippen LogP contribution in [0.15, 0.2) is 30.5 Å². The van der Waals surface area contributed by atoms with Crippen molar-refractivity contribution in [3.8, 4) is 0 Å². The van der Waals surface area contributed by atoms with E-state index in [9.17, 15) is 5.11 Å². The van der Waals surface area contributed by atoms with E-state index in [0.29, 0.717) is 0 Å². The number of anilines is 1. The Labute approximate surface area is 89.1 Å². The molecule has 1 aromatic carbocycles. The molecule has 1 heterocycles. The van der Waals surface area contributed by atoms with Gasteiger partial charge >= 0.3 is 0 Å². The Balaban J connectivity index is 2.37. The number of benzene rings is 1. The van der Waals surface area contributed by atoms with Crippen LogP contribution in [0.4, 0.5) is 5.69 Å². The fourth-order valence-corrected chi connectivity index (χ4v) is 1.58. The molecule has 0 aliphatic heterocycles. The first kappa shape index (κ1) is 10.1. The molecule has 1 aromatic heterocycles. The predicted octanol–water partition coefficient (Wildman–Crippen LogP) is 2.35. The molecule has 2 aromatic rings. The van der Waals surface area contributed by atoms with Crippen molar-refractivity contribution in [1.29, 1.82) is 0 Å². The molecule has 0 atom stereocenters. The number of H-pyrrole nitrogens is 1. The largest absolute Gasteiger partial charge is 0.394 e. The van der Waals surface area contributed by atoms with Gasteiger partial charge in [0.1, 0.15) is 0 Å². The quantitative estimate of drug-likeness (QED) is 0.718. The summed E-state index contributed by atoms with van der Waals surface area (Å²) < 4.78 is 0. The van der Waals surface area contributed by atoms with E-state index in [1.807, 2.05) is 38.2 Å². The van der Waals surface area contributed by atoms with Gasteiger partial charge in [-0.25, -0.2) is 0 Å². The second-order valence-corrected chi connectivity index (χ2v) is 4.41. The van der Waals surface area contributed by atoms with Crippen molar-refractivity contribution in [2.45, 2.75) is 19.4 Å². The maximum Gasteiger partial charge on any atom is 0.0656 e. The third-order valence-corrected chi connectivity index (χ3v) is 2.46. The van der Waals surface area contributed by atoms with Crippen molar-refractivity contribution < 1.29 is 5.11 Å². The summed E-state index contributed by atoms with van der Waals surface area (Å²) in [6.07, 6.45) is 1.93. The lowest BCUT2D eigenvalue weighted by atomic mass is 10.1. The lowest BCUT2D eigenvalue weighted by Crippen LogP contribution is -2.34. The number of hydrogen-bond donors (Lipinski definition) is 3. The fraction of sp³-hybridized carbons (Fsp3) is 0.333. The number of aliphatic hydroxyl groups is 1. The third kappa shape index (κ3) is 1.97. The summed E-state index contributed by atoms with van der Waals surface area (Å²) in [6, 6.07) is 8.10. The molecule has 0 fully saturated rings. The molecule has 3 nitrogen and oxygen atoms in total. The van der Waals surface area contributed by atoms with Gasteiger partial charge in [-0.1, -0.05) is 18.2 Å². The minimum atomic E-state index is -0.301. The number of rotatable bonds is 3. The first-order valence-electron chi connectivity index (χ1n) is 5.07. The molecule has 0 aliphatic rings. The predicted molar refractivity (Wildman–Crippen MR) is 63.1 cm³/mol. The molecular formula is C12H16N2O. The summed E-state index contributed by atoms with van der Waals surface area (Å²) in [4.78, 5) is 3.19. The normalized spacial score (nSPS) is 11.9. The van der Waals surface area contributed by atoms with Crippen LogP contribution >= 0.6 is 0 Å². The van der Waals surface area contributed by atoms with Gasteiger partial charge in [-0.15, -0.1) is 0 Å². The monoisotopic (exact) mass is 204 g/mol. The first-order valence-corrected chi connectivity index (χ1v) is 5.07. The van der Waals surface area contributed by atoms with Crippen LogP contribution in [0.1, 0.15) is 13.8 Å². The highest BCUT2D eigenvalue weighted by Crippen LogP contribution is 2.25. The zero-order valence-electron chi connectivity index (χ0n) is 9.04. The fourth-order valence-electron chi connectivity index (χ4n) is 1.58. The number of aromatic amines is 1. The van der Waals surface area contributed by atoms with Crippen molar-refractivity contribution in [3.05, 3.63) is 30.5 Å². The standard InChI is InChI=1S/C12H16N2O/c1-12(2,8-15)14-11-7-13-10-6-4-3-5-9(10)11/h3-7,13-15H,8H2,1-2H3. The third-order valence-electron chi connectivity index (χ3n) is 2.46. The maximum absolute atomic E-state index is 9.19. The van der Waals surface area contributed by atoms with Gasteiger partial charge < -0.3 is 15.4 Å². The van der Waals surface area contributed by atoms with Gasteiger partial charge in [-0.05, 0) is 19.9 Å². The van der Waals surface area contributed by atoms with E-state index < -0.39 is 0 Å². The van der Waals surface area contributed by atoms with Gasteiger partial charge in [-0.2, -0.15) is 0 Å². The summed E-state index contributed by atoms with van der Waals surface area (Å²) in [7, 11) is 0. The van der Waals surface area contributed by atoms with Gasteiger partial charge in [0.05, 0.1) is 17.8 Å². The summed E-state index contributed by atoms with van der Waals surface area (Å²) in [5.41, 5.74) is 1.84. The molecule has 15 heavy (non-hydrogen) atoms. The van der Waals surface area contributed by atoms with Gasteiger partial charge in [0.2, 0.25) is 0 Å². The Morgan fingerprint density at radius 2 is 2.07 bits per heavy atom. The molecule has 0 radical (unpaired) electrons. The highest BCUT2D eigenvalue weighted by Gasteiger charge is 2.17. The van der Waals surface area contributed by atoms with E-state index in [-0.39, 0.29) is 12.1 Å². The lowest BCUT2D eigenvalue weighted by molar-refractivity contribution is 0.234. The number of para-hydroxylation sites is 1. The van der Waals surface area contributed by atoms with Crippen molar-refractivity contribution in [1.82, 2.24) is 4.98 Å². The van der Waals surface area contributed by atoms with Gasteiger partial charge in [0.25, 0.3) is 0 Å². The van der Waals surface area contributed by atoms with Crippen molar-refractivity contribution in [3.63, 3.8) is 0 Å². The van der Waals surface area contributed by atoms with Crippen molar-refractivity contribution in [2.24, 2.45) is 0 Å². The number of hydrogen-bond acceptors (Lipinski definition) is 2. The molecule has 3 N–H and O–H groups in total. The van der Waals surface area contributed by atoms with Gasteiger partial charge in [0.15, 0.2) is 0 Å². The molecule has 0 saturated heterocycles. The average molecular weight is 204 g/mol. The molecule has 0 aliphatic carbocycles. The highest BCUT2D eigenvalue weighted by molar-refractivity contribution is 5.92. The first-order chi connectivity index (χ1) is 7.12. The number of fused-ring (bicyclic) bond motifs is 1. The van der Waals surface area contributed by atoms with Crippen LogP contribution in [-0.2, 0) is 0 Å². The zero-order valence-corrected chi connectivity index (χ0v) is 9.04. The molecule has 2 rings (SSSR count). The van der Waals surface area contributed by atoms with E-state index >= 15 is 0 Å². The van der Waals surface area contributed by atoms with Crippen LogP contribution in [0, 0.1) is 0 Å². The lowest BCUT2D eigenvalue weighted by Gasteiger charge is -2.24. The Morgan fingerprint density at radius 1 is 1.33 bits per heavy atom. The minimum Gasteiger partial charge on any atom is -0.394 e.